The van der Waals surface area contributed by atoms with Gasteiger partial charge in [0.05, 0.1) is 17.0 Å². The standard InChI is InChI=1S/C23H20F3N3/c1-28(2)19-12-6-16(7-13-19)15-20-22(27-21-5-3-4-14-29(20)21)17-8-10-18(11-9-17)23(24,25)26/h3-14H,15H2,1-2H3. The van der Waals surface area contributed by atoms with Crippen molar-refractivity contribution in [3.63, 3.8) is 0 Å². The van der Waals surface area contributed by atoms with Crippen molar-refractivity contribution in [2.24, 2.45) is 0 Å². The average Bonchev–Trinajstić information content (AvgIpc) is 3.06. The maximum Gasteiger partial charge on any atom is 0.416 e. The van der Waals surface area contributed by atoms with Crippen LogP contribution in [0.1, 0.15) is 16.8 Å². The molecule has 0 saturated carbocycles. The van der Waals surface area contributed by atoms with Crippen LogP contribution in [0.25, 0.3) is 16.9 Å². The number of halogens is 3. The Labute approximate surface area is 167 Å². The fraction of sp³-hybridized carbons (Fsp3) is 0.174. The molecule has 0 aliphatic carbocycles. The number of nitrogens with zero attached hydrogens (tertiary/aromatic N) is 3. The van der Waals surface area contributed by atoms with Crippen molar-refractivity contribution in [1.29, 1.82) is 0 Å². The number of imidazole rings is 1. The average molecular weight is 395 g/mol. The van der Waals surface area contributed by atoms with E-state index in [1.54, 1.807) is 0 Å². The van der Waals surface area contributed by atoms with Gasteiger partial charge in [-0.25, -0.2) is 4.98 Å². The molecule has 0 saturated heterocycles. The quantitative estimate of drug-likeness (QED) is 0.443. The summed E-state index contributed by atoms with van der Waals surface area (Å²) >= 11 is 0. The summed E-state index contributed by atoms with van der Waals surface area (Å²) in [5.74, 6) is 0. The zero-order valence-electron chi connectivity index (χ0n) is 16.1. The van der Waals surface area contributed by atoms with Crippen molar-refractivity contribution in [1.82, 2.24) is 9.38 Å². The minimum absolute atomic E-state index is 0.620. The third-order valence-electron chi connectivity index (χ3n) is 4.94. The largest absolute Gasteiger partial charge is 0.416 e. The normalized spacial score (nSPS) is 11.8. The van der Waals surface area contributed by atoms with Gasteiger partial charge < -0.3 is 9.30 Å². The maximum atomic E-state index is 12.9. The highest BCUT2D eigenvalue weighted by atomic mass is 19.4. The van der Waals surface area contributed by atoms with Crippen LogP contribution in [-0.4, -0.2) is 23.5 Å². The van der Waals surface area contributed by atoms with Gasteiger partial charge in [0.2, 0.25) is 0 Å². The molecule has 0 unspecified atom stereocenters. The van der Waals surface area contributed by atoms with Crippen LogP contribution in [-0.2, 0) is 12.6 Å². The van der Waals surface area contributed by atoms with Gasteiger partial charge in [-0.15, -0.1) is 0 Å². The van der Waals surface area contributed by atoms with Crippen LogP contribution in [0.5, 0.6) is 0 Å². The molecule has 0 radical (unpaired) electrons. The molecule has 2 aromatic heterocycles. The van der Waals surface area contributed by atoms with E-state index in [0.29, 0.717) is 17.7 Å². The number of rotatable bonds is 4. The van der Waals surface area contributed by atoms with Crippen molar-refractivity contribution in [3.8, 4) is 11.3 Å². The number of hydrogen-bond donors (Lipinski definition) is 0. The van der Waals surface area contributed by atoms with Gasteiger partial charge in [0.1, 0.15) is 5.65 Å². The van der Waals surface area contributed by atoms with E-state index in [1.165, 1.54) is 12.1 Å². The van der Waals surface area contributed by atoms with Crippen molar-refractivity contribution in [2.45, 2.75) is 12.6 Å². The molecular formula is C23H20F3N3. The van der Waals surface area contributed by atoms with E-state index in [2.05, 4.69) is 24.3 Å². The van der Waals surface area contributed by atoms with Gasteiger partial charge in [-0.1, -0.05) is 30.3 Å². The van der Waals surface area contributed by atoms with Gasteiger partial charge >= 0.3 is 6.18 Å². The molecule has 0 fully saturated rings. The van der Waals surface area contributed by atoms with E-state index in [9.17, 15) is 13.2 Å². The lowest BCUT2D eigenvalue weighted by atomic mass is 10.0. The zero-order valence-corrected chi connectivity index (χ0v) is 16.1. The number of aromatic nitrogens is 2. The molecule has 29 heavy (non-hydrogen) atoms. The van der Waals surface area contributed by atoms with Crippen LogP contribution in [0, 0.1) is 0 Å². The van der Waals surface area contributed by atoms with Crippen LogP contribution < -0.4 is 4.90 Å². The molecule has 0 amide bonds. The number of hydrogen-bond acceptors (Lipinski definition) is 2. The Bertz CT molecular complexity index is 1120. The number of benzene rings is 2. The van der Waals surface area contributed by atoms with Crippen molar-refractivity contribution in [2.75, 3.05) is 19.0 Å². The lowest BCUT2D eigenvalue weighted by molar-refractivity contribution is -0.137. The Morgan fingerprint density at radius 1 is 0.897 bits per heavy atom. The molecular weight excluding hydrogens is 375 g/mol. The Balaban J connectivity index is 1.77. The van der Waals surface area contributed by atoms with E-state index in [4.69, 9.17) is 4.98 Å². The summed E-state index contributed by atoms with van der Waals surface area (Å²) in [7, 11) is 3.98. The van der Waals surface area contributed by atoms with E-state index in [1.807, 2.05) is 47.8 Å². The van der Waals surface area contributed by atoms with Crippen molar-refractivity contribution >= 4 is 11.3 Å². The first kappa shape index (κ1) is 19.1. The molecule has 0 spiro atoms. The number of anilines is 1. The van der Waals surface area contributed by atoms with Crippen molar-refractivity contribution in [3.05, 3.63) is 89.7 Å². The van der Waals surface area contributed by atoms with E-state index < -0.39 is 11.7 Å². The Hall–Kier alpha value is -3.28. The van der Waals surface area contributed by atoms with E-state index >= 15 is 0 Å². The minimum atomic E-state index is -4.35. The van der Waals surface area contributed by atoms with Crippen LogP contribution >= 0.6 is 0 Å². The second-order valence-corrected chi connectivity index (χ2v) is 7.15. The van der Waals surface area contributed by atoms with Crippen LogP contribution in [0.3, 0.4) is 0 Å². The van der Waals surface area contributed by atoms with Gasteiger partial charge in [0.15, 0.2) is 0 Å². The first-order valence-electron chi connectivity index (χ1n) is 9.23. The number of pyridine rings is 1. The second kappa shape index (κ2) is 7.28. The monoisotopic (exact) mass is 395 g/mol. The number of alkyl halides is 3. The molecule has 3 nitrogen and oxygen atoms in total. The summed E-state index contributed by atoms with van der Waals surface area (Å²) in [6, 6.07) is 19.1. The predicted octanol–water partition coefficient (Wildman–Crippen LogP) is 5.68. The summed E-state index contributed by atoms with van der Waals surface area (Å²) in [6.45, 7) is 0. The Kier molecular flexibility index (Phi) is 4.78. The molecule has 0 atom stereocenters. The highest BCUT2D eigenvalue weighted by molar-refractivity contribution is 5.67. The molecule has 6 heteroatoms. The molecule has 4 rings (SSSR count). The summed E-state index contributed by atoms with van der Waals surface area (Å²) in [5.41, 5.74) is 4.62. The lowest BCUT2D eigenvalue weighted by Crippen LogP contribution is -2.08. The van der Waals surface area contributed by atoms with Gasteiger partial charge in [0, 0.05) is 38.0 Å². The van der Waals surface area contributed by atoms with Gasteiger partial charge in [-0.2, -0.15) is 13.2 Å². The zero-order chi connectivity index (χ0) is 20.6. The Morgan fingerprint density at radius 3 is 2.21 bits per heavy atom. The molecule has 2 aromatic carbocycles. The van der Waals surface area contributed by atoms with Gasteiger partial charge in [0.25, 0.3) is 0 Å². The Morgan fingerprint density at radius 2 is 1.59 bits per heavy atom. The highest BCUT2D eigenvalue weighted by Gasteiger charge is 2.30. The first-order valence-corrected chi connectivity index (χ1v) is 9.23. The molecule has 4 aromatic rings. The van der Waals surface area contributed by atoms with Crippen LogP contribution in [0.4, 0.5) is 18.9 Å². The topological polar surface area (TPSA) is 20.5 Å². The minimum Gasteiger partial charge on any atom is -0.378 e. The third-order valence-corrected chi connectivity index (χ3v) is 4.94. The molecule has 2 heterocycles. The maximum absolute atomic E-state index is 12.9. The fourth-order valence-electron chi connectivity index (χ4n) is 3.37. The van der Waals surface area contributed by atoms with Gasteiger partial charge in [-0.3, -0.25) is 0 Å². The fourth-order valence-corrected chi connectivity index (χ4v) is 3.37. The van der Waals surface area contributed by atoms with E-state index in [0.717, 1.165) is 34.7 Å². The summed E-state index contributed by atoms with van der Waals surface area (Å²) < 4.78 is 40.8. The second-order valence-electron chi connectivity index (χ2n) is 7.15. The molecule has 0 N–H and O–H groups in total. The predicted molar refractivity (Wildman–Crippen MR) is 109 cm³/mol. The molecule has 0 bridgehead atoms. The molecule has 0 aliphatic rings. The SMILES string of the molecule is CN(C)c1ccc(Cc2c(-c3ccc(C(F)(F)F)cc3)nc3ccccn23)cc1. The smallest absolute Gasteiger partial charge is 0.378 e. The molecule has 148 valence electrons. The van der Waals surface area contributed by atoms with E-state index in [-0.39, 0.29) is 0 Å². The summed E-state index contributed by atoms with van der Waals surface area (Å²) in [4.78, 5) is 6.72. The summed E-state index contributed by atoms with van der Waals surface area (Å²) in [6.07, 6.45) is -1.80. The van der Waals surface area contributed by atoms with Gasteiger partial charge in [-0.05, 0) is 42.0 Å². The molecule has 0 aliphatic heterocycles. The van der Waals surface area contributed by atoms with Crippen LogP contribution in [0.15, 0.2) is 72.9 Å². The van der Waals surface area contributed by atoms with Crippen LogP contribution in [0.2, 0.25) is 0 Å². The highest BCUT2D eigenvalue weighted by Crippen LogP contribution is 2.32. The lowest BCUT2D eigenvalue weighted by Gasteiger charge is -2.13. The summed E-state index contributed by atoms with van der Waals surface area (Å²) in [5, 5.41) is 0. The van der Waals surface area contributed by atoms with Crippen molar-refractivity contribution < 1.29 is 13.2 Å². The number of fused-ring (bicyclic) bond motifs is 1. The third kappa shape index (κ3) is 3.83. The first-order chi connectivity index (χ1) is 13.8.